The molecule has 22 heavy (non-hydrogen) atoms. The van der Waals surface area contributed by atoms with E-state index in [0.717, 1.165) is 12.8 Å². The molecule has 0 amide bonds. The van der Waals surface area contributed by atoms with Gasteiger partial charge >= 0.3 is 0 Å². The second-order valence-electron chi connectivity index (χ2n) is 8.11. The molecule has 2 bridgehead atoms. The molecule has 0 saturated heterocycles. The molecule has 0 aromatic rings. The van der Waals surface area contributed by atoms with Crippen LogP contribution in [-0.4, -0.2) is 11.7 Å². The topological polar surface area (TPSA) is 20.2 Å². The van der Waals surface area contributed by atoms with Crippen molar-refractivity contribution in [2.75, 3.05) is 6.61 Å². The van der Waals surface area contributed by atoms with Gasteiger partial charge in [-0.25, -0.2) is 0 Å². The summed E-state index contributed by atoms with van der Waals surface area (Å²) < 4.78 is 0. The molecule has 0 radical (unpaired) electrons. The highest BCUT2D eigenvalue weighted by molar-refractivity contribution is 5.29. The summed E-state index contributed by atoms with van der Waals surface area (Å²) in [6.07, 6.45) is 11.9. The van der Waals surface area contributed by atoms with Gasteiger partial charge in [0.15, 0.2) is 0 Å². The number of hydrogen-bond acceptors (Lipinski definition) is 1. The van der Waals surface area contributed by atoms with Gasteiger partial charge in [0.25, 0.3) is 0 Å². The van der Waals surface area contributed by atoms with E-state index >= 15 is 0 Å². The van der Waals surface area contributed by atoms with Crippen molar-refractivity contribution in [2.24, 2.45) is 17.3 Å². The minimum Gasteiger partial charge on any atom is -0.396 e. The zero-order valence-corrected chi connectivity index (χ0v) is 15.2. The highest BCUT2D eigenvalue weighted by Crippen LogP contribution is 2.50. The zero-order chi connectivity index (χ0) is 16.3. The van der Waals surface area contributed by atoms with Gasteiger partial charge < -0.3 is 5.11 Å². The maximum Gasteiger partial charge on any atom is 0.0499 e. The summed E-state index contributed by atoms with van der Waals surface area (Å²) in [5.74, 6) is 1.01. The third kappa shape index (κ3) is 3.74. The first kappa shape index (κ1) is 17.5. The lowest BCUT2D eigenvalue weighted by molar-refractivity contribution is 0.170. The average molecular weight is 303 g/mol. The third-order valence-corrected chi connectivity index (χ3v) is 6.02. The van der Waals surface area contributed by atoms with Crippen LogP contribution in [0, 0.1) is 17.3 Å². The van der Waals surface area contributed by atoms with Crippen molar-refractivity contribution in [3.63, 3.8) is 0 Å². The van der Waals surface area contributed by atoms with Crippen molar-refractivity contribution >= 4 is 0 Å². The molecule has 1 heteroatoms. The van der Waals surface area contributed by atoms with Gasteiger partial charge in [0.2, 0.25) is 0 Å². The molecule has 0 fully saturated rings. The molecule has 0 aliphatic heterocycles. The standard InChI is InChI=1S/C21H34O/c1-15-7-6-8-16(2)13-18(14-22)20-17(3)10-12-19(11-9-15)21(20,4)5/h8-9,18-19,22H,6-7,10-14H2,1-5H3/b15-9?,16-8+/t18-,19+/m0/s1. The number of allylic oxidation sites excluding steroid dienone is 5. The van der Waals surface area contributed by atoms with E-state index in [1.807, 2.05) is 0 Å². The molecule has 2 aliphatic carbocycles. The van der Waals surface area contributed by atoms with E-state index in [1.165, 1.54) is 42.4 Å². The summed E-state index contributed by atoms with van der Waals surface area (Å²) in [5.41, 5.74) is 6.25. The molecule has 1 N–H and O–H groups in total. The first-order valence-electron chi connectivity index (χ1n) is 8.98. The lowest BCUT2D eigenvalue weighted by Crippen LogP contribution is -2.35. The van der Waals surface area contributed by atoms with Crippen LogP contribution in [0.2, 0.25) is 0 Å². The Morgan fingerprint density at radius 2 is 1.82 bits per heavy atom. The van der Waals surface area contributed by atoms with E-state index in [0.29, 0.717) is 11.8 Å². The zero-order valence-electron chi connectivity index (χ0n) is 15.2. The van der Waals surface area contributed by atoms with Gasteiger partial charge in [-0.2, -0.15) is 0 Å². The highest BCUT2D eigenvalue weighted by atomic mass is 16.3. The molecule has 0 heterocycles. The van der Waals surface area contributed by atoms with E-state index in [2.05, 4.69) is 46.8 Å². The number of hydrogen-bond donors (Lipinski definition) is 1. The van der Waals surface area contributed by atoms with Crippen LogP contribution >= 0.6 is 0 Å². The normalized spacial score (nSPS) is 32.5. The molecule has 2 atom stereocenters. The third-order valence-electron chi connectivity index (χ3n) is 6.02. The van der Waals surface area contributed by atoms with Crippen molar-refractivity contribution in [3.8, 4) is 0 Å². The number of rotatable bonds is 1. The van der Waals surface area contributed by atoms with Crippen LogP contribution in [0.1, 0.15) is 73.1 Å². The van der Waals surface area contributed by atoms with Crippen LogP contribution in [0.3, 0.4) is 0 Å². The van der Waals surface area contributed by atoms with Crippen LogP contribution in [0.25, 0.3) is 0 Å². The lowest BCUT2D eigenvalue weighted by atomic mass is 9.60. The van der Waals surface area contributed by atoms with Crippen LogP contribution in [-0.2, 0) is 0 Å². The predicted octanol–water partition coefficient (Wildman–Crippen LogP) is 5.81. The van der Waals surface area contributed by atoms with Gasteiger partial charge in [0.1, 0.15) is 0 Å². The maximum absolute atomic E-state index is 10.0. The van der Waals surface area contributed by atoms with E-state index in [1.54, 1.807) is 5.57 Å². The average Bonchev–Trinajstić information content (AvgIpc) is 2.43. The van der Waals surface area contributed by atoms with Crippen LogP contribution in [0.5, 0.6) is 0 Å². The van der Waals surface area contributed by atoms with Crippen molar-refractivity contribution in [2.45, 2.75) is 73.1 Å². The molecule has 0 unspecified atom stereocenters. The van der Waals surface area contributed by atoms with Crippen LogP contribution in [0.4, 0.5) is 0 Å². The first-order valence-corrected chi connectivity index (χ1v) is 8.98. The van der Waals surface area contributed by atoms with Crippen molar-refractivity contribution in [1.29, 1.82) is 0 Å². The lowest BCUT2D eigenvalue weighted by Gasteiger charge is -2.45. The fourth-order valence-corrected chi connectivity index (χ4v) is 4.66. The molecule has 2 rings (SSSR count). The van der Waals surface area contributed by atoms with E-state index in [9.17, 15) is 5.11 Å². The Balaban J connectivity index is 2.44. The smallest absolute Gasteiger partial charge is 0.0499 e. The summed E-state index contributed by atoms with van der Waals surface area (Å²) in [5, 5.41) is 10.0. The van der Waals surface area contributed by atoms with Gasteiger partial charge in [-0.05, 0) is 70.6 Å². The molecular formula is C21H34O. The van der Waals surface area contributed by atoms with Gasteiger partial charge in [-0.15, -0.1) is 0 Å². The summed E-state index contributed by atoms with van der Waals surface area (Å²) in [6.45, 7) is 11.9. The summed E-state index contributed by atoms with van der Waals surface area (Å²) >= 11 is 0. The Hall–Kier alpha value is -0.820. The van der Waals surface area contributed by atoms with Crippen molar-refractivity contribution in [1.82, 2.24) is 0 Å². The number of aliphatic hydroxyl groups excluding tert-OH is 1. The maximum atomic E-state index is 10.0. The minimum absolute atomic E-state index is 0.200. The Bertz CT molecular complexity index is 490. The second kappa shape index (κ2) is 7.17. The van der Waals surface area contributed by atoms with Crippen LogP contribution < -0.4 is 0 Å². The number of fused-ring (bicyclic) bond motifs is 2. The van der Waals surface area contributed by atoms with Crippen molar-refractivity contribution < 1.29 is 5.11 Å². The van der Waals surface area contributed by atoms with Gasteiger partial charge in [0.05, 0.1) is 0 Å². The molecule has 0 saturated carbocycles. The molecule has 2 aliphatic rings. The summed E-state index contributed by atoms with van der Waals surface area (Å²) in [6, 6.07) is 0. The summed E-state index contributed by atoms with van der Waals surface area (Å²) in [7, 11) is 0. The predicted molar refractivity (Wildman–Crippen MR) is 95.8 cm³/mol. The van der Waals surface area contributed by atoms with E-state index in [-0.39, 0.29) is 12.0 Å². The fraction of sp³-hybridized carbons (Fsp3) is 0.714. The van der Waals surface area contributed by atoms with Crippen molar-refractivity contribution in [3.05, 3.63) is 34.4 Å². The second-order valence-corrected chi connectivity index (χ2v) is 8.11. The Labute approximate surface area is 137 Å². The summed E-state index contributed by atoms with van der Waals surface area (Å²) in [4.78, 5) is 0. The SMILES string of the molecule is CC1=CC[C@@H]2CCC(C)=C([C@H](CO)C/C(C)=C/CC1)C2(C)C. The minimum atomic E-state index is 0.200. The Morgan fingerprint density at radius 3 is 2.50 bits per heavy atom. The molecule has 0 aromatic carbocycles. The molecule has 0 spiro atoms. The van der Waals surface area contributed by atoms with Gasteiger partial charge in [0, 0.05) is 12.5 Å². The quantitative estimate of drug-likeness (QED) is 0.606. The molecule has 1 nitrogen and oxygen atoms in total. The van der Waals surface area contributed by atoms with Gasteiger partial charge in [-0.3, -0.25) is 0 Å². The highest BCUT2D eigenvalue weighted by Gasteiger charge is 2.39. The Morgan fingerprint density at radius 1 is 1.09 bits per heavy atom. The largest absolute Gasteiger partial charge is 0.396 e. The monoisotopic (exact) mass is 302 g/mol. The van der Waals surface area contributed by atoms with E-state index in [4.69, 9.17) is 0 Å². The Kier molecular flexibility index (Phi) is 5.71. The van der Waals surface area contributed by atoms with E-state index < -0.39 is 0 Å². The molecular weight excluding hydrogens is 268 g/mol. The van der Waals surface area contributed by atoms with Crippen LogP contribution in [0.15, 0.2) is 34.4 Å². The molecule has 124 valence electrons. The fourth-order valence-electron chi connectivity index (χ4n) is 4.66. The number of aliphatic hydroxyl groups is 1. The van der Waals surface area contributed by atoms with Gasteiger partial charge in [-0.1, -0.05) is 48.3 Å². The first-order chi connectivity index (χ1) is 10.4. The molecule has 0 aromatic heterocycles.